The molecule has 3 fully saturated rings. The largest absolute Gasteiger partial charge is 0.370 e. The van der Waals surface area contributed by atoms with E-state index in [-0.39, 0.29) is 17.6 Å². The lowest BCUT2D eigenvalue weighted by Crippen LogP contribution is -2.58. The third-order valence-electron chi connectivity index (χ3n) is 5.13. The van der Waals surface area contributed by atoms with E-state index >= 15 is 0 Å². The minimum absolute atomic E-state index is 0.112. The zero-order valence-electron chi connectivity index (χ0n) is 13.5. The van der Waals surface area contributed by atoms with Crippen molar-refractivity contribution in [1.82, 2.24) is 10.2 Å². The summed E-state index contributed by atoms with van der Waals surface area (Å²) in [6, 6.07) is 0.950. The van der Waals surface area contributed by atoms with E-state index in [1.54, 1.807) is 0 Å². The summed E-state index contributed by atoms with van der Waals surface area (Å²) in [6.45, 7) is 8.31. The molecule has 1 saturated heterocycles. The van der Waals surface area contributed by atoms with E-state index in [0.717, 1.165) is 32.4 Å². The molecule has 2 saturated carbocycles. The number of rotatable bonds is 4. The van der Waals surface area contributed by atoms with Crippen LogP contribution in [0.4, 0.5) is 0 Å². The van der Waals surface area contributed by atoms with Crippen molar-refractivity contribution in [2.75, 3.05) is 13.1 Å². The molecule has 5 nitrogen and oxygen atoms in total. The van der Waals surface area contributed by atoms with Crippen LogP contribution in [0.5, 0.6) is 0 Å². The van der Waals surface area contributed by atoms with E-state index in [4.69, 9.17) is 10.5 Å². The van der Waals surface area contributed by atoms with Gasteiger partial charge in [-0.2, -0.15) is 0 Å². The Labute approximate surface area is 127 Å². The standard InChI is InChI=1S/C16H29N3O2/c1-11-9-19(10-15(2,3)21-11)13-6-7-16(8-13,14(17)20)18-12-4-5-12/h11-13,18H,4-10H2,1-3H3,(H2,17,20). The number of nitrogens with one attached hydrogen (secondary N) is 1. The van der Waals surface area contributed by atoms with Crippen molar-refractivity contribution in [3.05, 3.63) is 0 Å². The summed E-state index contributed by atoms with van der Waals surface area (Å²) in [5.41, 5.74) is 5.15. The minimum atomic E-state index is -0.475. The molecule has 21 heavy (non-hydrogen) atoms. The second-order valence-electron chi connectivity index (χ2n) is 7.88. The number of carbonyl (C=O) groups is 1. The van der Waals surface area contributed by atoms with Crippen molar-refractivity contribution in [3.8, 4) is 0 Å². The topological polar surface area (TPSA) is 67.6 Å². The van der Waals surface area contributed by atoms with Crippen LogP contribution in [0, 0.1) is 0 Å². The fraction of sp³-hybridized carbons (Fsp3) is 0.938. The van der Waals surface area contributed by atoms with Gasteiger partial charge < -0.3 is 15.8 Å². The number of morpholine rings is 1. The molecular weight excluding hydrogens is 266 g/mol. The van der Waals surface area contributed by atoms with Crippen LogP contribution in [-0.2, 0) is 9.53 Å². The molecule has 5 heteroatoms. The molecule has 3 aliphatic rings. The minimum Gasteiger partial charge on any atom is -0.370 e. The summed E-state index contributed by atoms with van der Waals surface area (Å²) in [6.07, 6.45) is 5.37. The van der Waals surface area contributed by atoms with E-state index in [2.05, 4.69) is 31.0 Å². The molecule has 0 spiro atoms. The third-order valence-corrected chi connectivity index (χ3v) is 5.13. The summed E-state index contributed by atoms with van der Waals surface area (Å²) in [5, 5.41) is 3.53. The first-order valence-electron chi connectivity index (χ1n) is 8.29. The first-order valence-corrected chi connectivity index (χ1v) is 8.29. The second-order valence-corrected chi connectivity index (χ2v) is 7.88. The molecule has 0 aromatic carbocycles. The van der Waals surface area contributed by atoms with Crippen molar-refractivity contribution >= 4 is 5.91 Å². The van der Waals surface area contributed by atoms with E-state index < -0.39 is 5.54 Å². The molecule has 0 bridgehead atoms. The molecule has 0 aromatic rings. The van der Waals surface area contributed by atoms with Gasteiger partial charge in [0.1, 0.15) is 0 Å². The third kappa shape index (κ3) is 3.25. The van der Waals surface area contributed by atoms with Crippen LogP contribution >= 0.6 is 0 Å². The Hall–Kier alpha value is -0.650. The van der Waals surface area contributed by atoms with Crippen molar-refractivity contribution in [2.24, 2.45) is 5.73 Å². The van der Waals surface area contributed by atoms with Gasteiger partial charge in [0.05, 0.1) is 17.2 Å². The Balaban J connectivity index is 1.68. The summed E-state index contributed by atoms with van der Waals surface area (Å²) in [7, 11) is 0. The zero-order chi connectivity index (χ0) is 15.3. The van der Waals surface area contributed by atoms with Gasteiger partial charge in [-0.1, -0.05) is 0 Å². The number of hydrogen-bond acceptors (Lipinski definition) is 4. The number of amides is 1. The summed E-state index contributed by atoms with van der Waals surface area (Å²) in [5.74, 6) is -0.169. The van der Waals surface area contributed by atoms with Crippen molar-refractivity contribution in [3.63, 3.8) is 0 Å². The molecule has 120 valence electrons. The maximum atomic E-state index is 12.0. The fourth-order valence-corrected chi connectivity index (χ4v) is 4.16. The molecule has 2 aliphatic carbocycles. The number of ether oxygens (including phenoxy) is 1. The highest BCUT2D eigenvalue weighted by molar-refractivity contribution is 5.85. The highest BCUT2D eigenvalue weighted by Crippen LogP contribution is 2.38. The maximum absolute atomic E-state index is 12.0. The lowest BCUT2D eigenvalue weighted by Gasteiger charge is -2.44. The molecule has 3 unspecified atom stereocenters. The molecule has 0 radical (unpaired) electrons. The van der Waals surface area contributed by atoms with Gasteiger partial charge in [0.15, 0.2) is 0 Å². The van der Waals surface area contributed by atoms with E-state index in [1.165, 1.54) is 12.8 Å². The monoisotopic (exact) mass is 295 g/mol. The van der Waals surface area contributed by atoms with Crippen LogP contribution in [0.3, 0.4) is 0 Å². The maximum Gasteiger partial charge on any atom is 0.237 e. The lowest BCUT2D eigenvalue weighted by molar-refractivity contribution is -0.138. The molecule has 3 rings (SSSR count). The normalized spacial score (nSPS) is 40.3. The summed E-state index contributed by atoms with van der Waals surface area (Å²) < 4.78 is 5.99. The number of nitrogens with zero attached hydrogens (tertiary/aromatic N) is 1. The quantitative estimate of drug-likeness (QED) is 0.812. The molecule has 0 aromatic heterocycles. The van der Waals surface area contributed by atoms with Crippen LogP contribution in [0.25, 0.3) is 0 Å². The smallest absolute Gasteiger partial charge is 0.237 e. The molecule has 1 heterocycles. The Bertz CT molecular complexity index is 422. The van der Waals surface area contributed by atoms with Crippen LogP contribution in [0.1, 0.15) is 52.9 Å². The summed E-state index contributed by atoms with van der Waals surface area (Å²) in [4.78, 5) is 14.5. The summed E-state index contributed by atoms with van der Waals surface area (Å²) >= 11 is 0. The number of primary amides is 1. The molecule has 3 N–H and O–H groups in total. The predicted molar refractivity (Wildman–Crippen MR) is 81.9 cm³/mol. The molecule has 3 atom stereocenters. The van der Waals surface area contributed by atoms with Gasteiger partial charge in [-0.25, -0.2) is 0 Å². The predicted octanol–water partition coefficient (Wildman–Crippen LogP) is 1.01. The first-order chi connectivity index (χ1) is 9.80. The highest BCUT2D eigenvalue weighted by atomic mass is 16.5. The van der Waals surface area contributed by atoms with Gasteiger partial charge in [0.2, 0.25) is 5.91 Å². The second kappa shape index (κ2) is 5.21. The average molecular weight is 295 g/mol. The van der Waals surface area contributed by atoms with Gasteiger partial charge >= 0.3 is 0 Å². The Morgan fingerprint density at radius 3 is 2.62 bits per heavy atom. The van der Waals surface area contributed by atoms with Crippen LogP contribution < -0.4 is 11.1 Å². The number of hydrogen-bond donors (Lipinski definition) is 2. The van der Waals surface area contributed by atoms with Crippen molar-refractivity contribution in [1.29, 1.82) is 0 Å². The van der Waals surface area contributed by atoms with Crippen LogP contribution in [-0.4, -0.2) is 53.2 Å². The van der Waals surface area contributed by atoms with Gasteiger partial charge in [-0.05, 0) is 52.9 Å². The highest BCUT2D eigenvalue weighted by Gasteiger charge is 2.49. The molecule has 1 aliphatic heterocycles. The zero-order valence-corrected chi connectivity index (χ0v) is 13.5. The van der Waals surface area contributed by atoms with Crippen molar-refractivity contribution < 1.29 is 9.53 Å². The van der Waals surface area contributed by atoms with E-state index in [9.17, 15) is 4.79 Å². The van der Waals surface area contributed by atoms with E-state index in [0.29, 0.717) is 12.1 Å². The van der Waals surface area contributed by atoms with Gasteiger partial charge in [0, 0.05) is 25.2 Å². The van der Waals surface area contributed by atoms with E-state index in [1.807, 2.05) is 0 Å². The fourth-order valence-electron chi connectivity index (χ4n) is 4.16. The number of carbonyl (C=O) groups excluding carboxylic acids is 1. The van der Waals surface area contributed by atoms with Crippen LogP contribution in [0.2, 0.25) is 0 Å². The Morgan fingerprint density at radius 2 is 2.05 bits per heavy atom. The van der Waals surface area contributed by atoms with Gasteiger partial charge in [-0.15, -0.1) is 0 Å². The Morgan fingerprint density at radius 1 is 1.33 bits per heavy atom. The molecular formula is C16H29N3O2. The van der Waals surface area contributed by atoms with Gasteiger partial charge in [0.25, 0.3) is 0 Å². The number of nitrogens with two attached hydrogens (primary N) is 1. The SMILES string of the molecule is CC1CN(C2CCC(NC3CC3)(C(N)=O)C2)CC(C)(C)O1. The molecule has 1 amide bonds. The average Bonchev–Trinajstić information content (AvgIpc) is 3.03. The Kier molecular flexibility index (Phi) is 3.79. The lowest BCUT2D eigenvalue weighted by atomic mass is 9.95. The van der Waals surface area contributed by atoms with Crippen LogP contribution in [0.15, 0.2) is 0 Å². The van der Waals surface area contributed by atoms with Gasteiger partial charge in [-0.3, -0.25) is 9.69 Å². The first kappa shape index (κ1) is 15.3. The van der Waals surface area contributed by atoms with Crippen molar-refractivity contribution in [2.45, 2.75) is 82.2 Å².